The summed E-state index contributed by atoms with van der Waals surface area (Å²) >= 11 is 14.9. The molecule has 21 heavy (non-hydrogen) atoms. The van der Waals surface area contributed by atoms with Gasteiger partial charge in [0.05, 0.1) is 9.40 Å². The topological polar surface area (TPSA) is 83.6 Å². The molecule has 5 nitrogen and oxygen atoms in total. The normalized spacial score (nSPS) is 10.6. The lowest BCUT2D eigenvalue weighted by Gasteiger charge is -2.09. The highest BCUT2D eigenvalue weighted by Crippen LogP contribution is 2.38. The van der Waals surface area contributed by atoms with Gasteiger partial charge in [-0.1, -0.05) is 23.2 Å². The average Bonchev–Trinajstić information content (AvgIpc) is 2.38. The predicted octanol–water partition coefficient (Wildman–Crippen LogP) is 4.67. The standard InChI is InChI=1S/C13H8BrCl2NO4/c14-10-4-8(15)2-6(12(10)18)1-7-3-9(16)5-11(13(7)19)17(20)21/h2-5,18-19H,1H2. The van der Waals surface area contributed by atoms with Gasteiger partial charge in [-0.05, 0) is 34.1 Å². The Kier molecular flexibility index (Phi) is 4.61. The summed E-state index contributed by atoms with van der Waals surface area (Å²) in [5.74, 6) is -0.540. The van der Waals surface area contributed by atoms with Crippen molar-refractivity contribution in [3.05, 3.63) is 60.0 Å². The van der Waals surface area contributed by atoms with E-state index in [0.29, 0.717) is 15.1 Å². The molecule has 2 aromatic carbocycles. The molecule has 0 unspecified atom stereocenters. The van der Waals surface area contributed by atoms with Crippen molar-refractivity contribution in [2.75, 3.05) is 0 Å². The largest absolute Gasteiger partial charge is 0.506 e. The number of halogens is 3. The van der Waals surface area contributed by atoms with Crippen molar-refractivity contribution in [3.63, 3.8) is 0 Å². The van der Waals surface area contributed by atoms with E-state index in [1.807, 2.05) is 0 Å². The average molecular weight is 393 g/mol. The maximum Gasteiger partial charge on any atom is 0.312 e. The Labute approximate surface area is 138 Å². The van der Waals surface area contributed by atoms with Gasteiger partial charge in [0.25, 0.3) is 0 Å². The number of nitro benzene ring substituents is 1. The van der Waals surface area contributed by atoms with Gasteiger partial charge in [-0.3, -0.25) is 10.1 Å². The third-order valence-corrected chi connectivity index (χ3v) is 3.86. The van der Waals surface area contributed by atoms with E-state index in [-0.39, 0.29) is 22.8 Å². The zero-order valence-corrected chi connectivity index (χ0v) is 13.4. The fraction of sp³-hybridized carbons (Fsp3) is 0.0769. The van der Waals surface area contributed by atoms with Crippen LogP contribution in [0.5, 0.6) is 11.5 Å². The van der Waals surface area contributed by atoms with Crippen LogP contribution in [-0.2, 0) is 6.42 Å². The highest BCUT2D eigenvalue weighted by Gasteiger charge is 2.20. The van der Waals surface area contributed by atoms with Crippen LogP contribution in [0.25, 0.3) is 0 Å². The van der Waals surface area contributed by atoms with Crippen LogP contribution in [-0.4, -0.2) is 15.1 Å². The molecule has 0 aromatic heterocycles. The first-order valence-electron chi connectivity index (χ1n) is 5.62. The summed E-state index contributed by atoms with van der Waals surface area (Å²) in [5, 5.41) is 31.3. The Hall–Kier alpha value is -1.50. The van der Waals surface area contributed by atoms with Crippen molar-refractivity contribution in [2.24, 2.45) is 0 Å². The summed E-state index contributed by atoms with van der Waals surface area (Å²) < 4.78 is 0.390. The van der Waals surface area contributed by atoms with Crippen molar-refractivity contribution in [3.8, 4) is 11.5 Å². The summed E-state index contributed by atoms with van der Waals surface area (Å²) in [6.45, 7) is 0. The van der Waals surface area contributed by atoms with Crippen LogP contribution in [0.2, 0.25) is 10.0 Å². The number of phenols is 2. The number of rotatable bonds is 3. The predicted molar refractivity (Wildman–Crippen MR) is 83.4 cm³/mol. The molecular weight excluding hydrogens is 385 g/mol. The molecule has 2 N–H and O–H groups in total. The second kappa shape index (κ2) is 6.09. The highest BCUT2D eigenvalue weighted by molar-refractivity contribution is 9.10. The molecule has 0 atom stereocenters. The van der Waals surface area contributed by atoms with Gasteiger partial charge in [-0.15, -0.1) is 0 Å². The van der Waals surface area contributed by atoms with Gasteiger partial charge >= 0.3 is 5.69 Å². The van der Waals surface area contributed by atoms with E-state index >= 15 is 0 Å². The number of nitrogens with zero attached hydrogens (tertiary/aromatic N) is 1. The van der Waals surface area contributed by atoms with Crippen molar-refractivity contribution >= 4 is 44.8 Å². The molecule has 0 aliphatic rings. The fourth-order valence-electron chi connectivity index (χ4n) is 1.87. The number of benzene rings is 2. The van der Waals surface area contributed by atoms with Gasteiger partial charge in [0.15, 0.2) is 5.75 Å². The molecule has 2 rings (SSSR count). The molecule has 0 aliphatic heterocycles. The molecule has 0 heterocycles. The Morgan fingerprint density at radius 3 is 2.14 bits per heavy atom. The Morgan fingerprint density at radius 2 is 1.57 bits per heavy atom. The van der Waals surface area contributed by atoms with Gasteiger partial charge in [0.2, 0.25) is 0 Å². The zero-order chi connectivity index (χ0) is 15.7. The minimum atomic E-state index is -0.724. The van der Waals surface area contributed by atoms with Crippen LogP contribution < -0.4 is 0 Å². The summed E-state index contributed by atoms with van der Waals surface area (Å²) in [6, 6.07) is 5.49. The molecule has 0 amide bonds. The van der Waals surface area contributed by atoms with E-state index in [9.17, 15) is 20.3 Å². The lowest BCUT2D eigenvalue weighted by Crippen LogP contribution is -1.95. The quantitative estimate of drug-likeness (QED) is 0.587. The van der Waals surface area contributed by atoms with Crippen molar-refractivity contribution < 1.29 is 15.1 Å². The van der Waals surface area contributed by atoms with E-state index in [4.69, 9.17) is 23.2 Å². The van der Waals surface area contributed by atoms with Crippen LogP contribution in [0, 0.1) is 10.1 Å². The van der Waals surface area contributed by atoms with E-state index in [2.05, 4.69) is 15.9 Å². The summed E-state index contributed by atoms with van der Waals surface area (Å²) in [7, 11) is 0. The summed E-state index contributed by atoms with van der Waals surface area (Å²) in [4.78, 5) is 10.1. The Bertz CT molecular complexity index is 737. The van der Waals surface area contributed by atoms with Crippen LogP contribution in [0.15, 0.2) is 28.7 Å². The van der Waals surface area contributed by atoms with Crippen LogP contribution in [0.1, 0.15) is 11.1 Å². The van der Waals surface area contributed by atoms with Crippen molar-refractivity contribution in [1.29, 1.82) is 0 Å². The molecule has 0 radical (unpaired) electrons. The lowest BCUT2D eigenvalue weighted by atomic mass is 10.0. The number of aromatic hydroxyl groups is 2. The summed E-state index contributed by atoms with van der Waals surface area (Å²) in [6.07, 6.45) is 0.0399. The first kappa shape index (κ1) is 15.9. The minimum absolute atomic E-state index is 0.0399. The minimum Gasteiger partial charge on any atom is -0.506 e. The van der Waals surface area contributed by atoms with E-state index in [0.717, 1.165) is 6.07 Å². The van der Waals surface area contributed by atoms with Gasteiger partial charge in [0.1, 0.15) is 5.75 Å². The molecule has 0 bridgehead atoms. The number of hydrogen-bond acceptors (Lipinski definition) is 4. The van der Waals surface area contributed by atoms with E-state index in [1.165, 1.54) is 18.2 Å². The van der Waals surface area contributed by atoms with Gasteiger partial charge in [0, 0.05) is 33.7 Å². The third kappa shape index (κ3) is 3.40. The highest BCUT2D eigenvalue weighted by atomic mass is 79.9. The van der Waals surface area contributed by atoms with Gasteiger partial charge < -0.3 is 10.2 Å². The molecule has 0 saturated carbocycles. The van der Waals surface area contributed by atoms with Crippen molar-refractivity contribution in [1.82, 2.24) is 0 Å². The smallest absolute Gasteiger partial charge is 0.312 e. The number of phenolic OH excluding ortho intramolecular Hbond substituents is 2. The molecule has 8 heteroatoms. The molecule has 0 fully saturated rings. The number of hydrogen-bond donors (Lipinski definition) is 2. The molecule has 110 valence electrons. The molecular formula is C13H8BrCl2NO4. The van der Waals surface area contributed by atoms with E-state index in [1.54, 1.807) is 0 Å². The van der Waals surface area contributed by atoms with Crippen LogP contribution >= 0.6 is 39.1 Å². The Balaban J connectivity index is 2.52. The Morgan fingerprint density at radius 1 is 1.05 bits per heavy atom. The first-order chi connectivity index (χ1) is 9.79. The summed E-state index contributed by atoms with van der Waals surface area (Å²) in [5.41, 5.74) is 0.137. The van der Waals surface area contributed by atoms with Crippen molar-refractivity contribution in [2.45, 2.75) is 6.42 Å². The second-order valence-corrected chi connectivity index (χ2v) is 5.99. The number of nitro groups is 1. The molecule has 0 aliphatic carbocycles. The van der Waals surface area contributed by atoms with Crippen LogP contribution in [0.3, 0.4) is 0 Å². The van der Waals surface area contributed by atoms with Crippen LogP contribution in [0.4, 0.5) is 5.69 Å². The molecule has 0 spiro atoms. The second-order valence-electron chi connectivity index (χ2n) is 4.26. The molecule has 2 aromatic rings. The molecule has 0 saturated heterocycles. The first-order valence-corrected chi connectivity index (χ1v) is 7.17. The maximum atomic E-state index is 10.9. The third-order valence-electron chi connectivity index (χ3n) is 2.82. The lowest BCUT2D eigenvalue weighted by molar-refractivity contribution is -0.385. The van der Waals surface area contributed by atoms with Gasteiger partial charge in [-0.25, -0.2) is 0 Å². The monoisotopic (exact) mass is 391 g/mol. The fourth-order valence-corrected chi connectivity index (χ4v) is 2.98. The maximum absolute atomic E-state index is 10.9. The zero-order valence-electron chi connectivity index (χ0n) is 10.3. The SMILES string of the molecule is O=[N+]([O-])c1cc(Cl)cc(Cc2cc(Cl)cc(Br)c2O)c1O. The van der Waals surface area contributed by atoms with Gasteiger partial charge in [-0.2, -0.15) is 0 Å². The van der Waals surface area contributed by atoms with E-state index < -0.39 is 16.4 Å².